The largest absolute Gasteiger partial charge is 0.481 e. The summed E-state index contributed by atoms with van der Waals surface area (Å²) in [6.45, 7) is 0.591. The quantitative estimate of drug-likeness (QED) is 0.685. The van der Waals surface area contributed by atoms with E-state index in [1.54, 1.807) is 4.90 Å². The number of carbonyl (C=O) groups is 3. The van der Waals surface area contributed by atoms with Crippen molar-refractivity contribution in [3.8, 4) is 23.0 Å². The van der Waals surface area contributed by atoms with Crippen LogP contribution in [-0.4, -0.2) is 53.7 Å². The maximum Gasteiger partial charge on any atom is 0.407 e. The van der Waals surface area contributed by atoms with Gasteiger partial charge in [-0.3, -0.25) is 9.59 Å². The number of benzene rings is 2. The molecule has 5 rings (SSSR count). The van der Waals surface area contributed by atoms with Gasteiger partial charge >= 0.3 is 12.1 Å². The molecule has 2 atom stereocenters. The zero-order valence-corrected chi connectivity index (χ0v) is 18.8. The number of hydrogen-bond donors (Lipinski definition) is 2. The zero-order chi connectivity index (χ0) is 23.7. The third-order valence-electron chi connectivity index (χ3n) is 7.46. The molecular weight excluding hydrogens is 432 g/mol. The van der Waals surface area contributed by atoms with Gasteiger partial charge in [0.05, 0.1) is 12.0 Å². The summed E-state index contributed by atoms with van der Waals surface area (Å²) in [6.07, 6.45) is 1.98. The predicted octanol–water partition coefficient (Wildman–Crippen LogP) is 3.38. The van der Waals surface area contributed by atoms with Crippen molar-refractivity contribution in [2.24, 2.45) is 5.41 Å². The number of rotatable bonds is 4. The van der Waals surface area contributed by atoms with Gasteiger partial charge in [0.2, 0.25) is 0 Å². The Morgan fingerprint density at radius 1 is 1.06 bits per heavy atom. The van der Waals surface area contributed by atoms with E-state index in [1.807, 2.05) is 24.3 Å². The standard InChI is InChI=1S/C27H26N2O5/c30-24(29-16-14-27(25(31)32)13-5-11-23(27)29)12-6-15-28-26(33)34-17-22-20-9-3-1-7-18(20)19-8-2-4-10-21(19)22/h1-4,7-10,22-23H,5,11,13-17H2,(H,28,33)(H,31,32). The highest BCUT2D eigenvalue weighted by atomic mass is 16.5. The van der Waals surface area contributed by atoms with E-state index in [2.05, 4.69) is 41.4 Å². The van der Waals surface area contributed by atoms with Crippen LogP contribution in [0.1, 0.15) is 42.7 Å². The topological polar surface area (TPSA) is 95.9 Å². The summed E-state index contributed by atoms with van der Waals surface area (Å²) in [5.74, 6) is 3.98. The van der Waals surface area contributed by atoms with Gasteiger partial charge in [0.1, 0.15) is 6.61 Å². The van der Waals surface area contributed by atoms with E-state index >= 15 is 0 Å². The first-order valence-corrected chi connectivity index (χ1v) is 11.6. The van der Waals surface area contributed by atoms with Crippen LogP contribution >= 0.6 is 0 Å². The number of carbonyl (C=O) groups excluding carboxylic acids is 2. The summed E-state index contributed by atoms with van der Waals surface area (Å²) in [6, 6.07) is 15.9. The van der Waals surface area contributed by atoms with Gasteiger partial charge in [0.25, 0.3) is 5.91 Å². The van der Waals surface area contributed by atoms with Crippen LogP contribution in [0.3, 0.4) is 0 Å². The molecule has 0 bridgehead atoms. The van der Waals surface area contributed by atoms with Gasteiger partial charge in [0.15, 0.2) is 0 Å². The fourth-order valence-corrected chi connectivity index (χ4v) is 5.83. The monoisotopic (exact) mass is 458 g/mol. The summed E-state index contributed by atoms with van der Waals surface area (Å²) in [4.78, 5) is 38.1. The fraction of sp³-hybridized carbons (Fsp3) is 0.370. The Hall–Kier alpha value is -3.79. The maximum absolute atomic E-state index is 12.5. The zero-order valence-electron chi connectivity index (χ0n) is 18.8. The fourth-order valence-electron chi connectivity index (χ4n) is 5.83. The van der Waals surface area contributed by atoms with E-state index in [-0.39, 0.29) is 31.0 Å². The van der Waals surface area contributed by atoms with E-state index in [0.29, 0.717) is 25.8 Å². The molecule has 2 aromatic carbocycles. The number of carboxylic acid groups (broad SMARTS) is 1. The molecule has 174 valence electrons. The average molecular weight is 459 g/mol. The van der Waals surface area contributed by atoms with Crippen molar-refractivity contribution in [1.29, 1.82) is 0 Å². The Bertz CT molecular complexity index is 1170. The van der Waals surface area contributed by atoms with Gasteiger partial charge in [-0.1, -0.05) is 60.9 Å². The van der Waals surface area contributed by atoms with Crippen molar-refractivity contribution < 1.29 is 24.2 Å². The number of aliphatic carboxylic acids is 1. The molecule has 2 fully saturated rings. The molecule has 1 saturated carbocycles. The van der Waals surface area contributed by atoms with E-state index in [0.717, 1.165) is 28.7 Å². The highest BCUT2D eigenvalue weighted by Crippen LogP contribution is 2.49. The Labute approximate surface area is 198 Å². The number of hydrogen-bond acceptors (Lipinski definition) is 4. The number of alkyl carbamates (subject to hydrolysis) is 1. The summed E-state index contributed by atoms with van der Waals surface area (Å²) < 4.78 is 5.46. The van der Waals surface area contributed by atoms with Gasteiger partial charge in [-0.2, -0.15) is 0 Å². The molecule has 2 unspecified atom stereocenters. The van der Waals surface area contributed by atoms with Gasteiger partial charge in [-0.15, -0.1) is 0 Å². The van der Waals surface area contributed by atoms with E-state index in [9.17, 15) is 19.5 Å². The molecule has 1 aliphatic heterocycles. The van der Waals surface area contributed by atoms with Crippen LogP contribution < -0.4 is 5.32 Å². The van der Waals surface area contributed by atoms with Crippen molar-refractivity contribution >= 4 is 18.0 Å². The number of carboxylic acids is 1. The molecule has 2 aromatic rings. The number of nitrogens with one attached hydrogen (secondary N) is 1. The van der Waals surface area contributed by atoms with Crippen LogP contribution in [0.2, 0.25) is 0 Å². The molecule has 1 heterocycles. The third-order valence-corrected chi connectivity index (χ3v) is 7.46. The minimum Gasteiger partial charge on any atom is -0.481 e. The average Bonchev–Trinajstić information content (AvgIpc) is 3.51. The van der Waals surface area contributed by atoms with E-state index < -0.39 is 17.5 Å². The summed E-state index contributed by atoms with van der Waals surface area (Å²) in [7, 11) is 0. The second-order valence-electron chi connectivity index (χ2n) is 9.10. The van der Waals surface area contributed by atoms with Crippen LogP contribution in [0.5, 0.6) is 0 Å². The normalized spacial score (nSPS) is 22.2. The van der Waals surface area contributed by atoms with Crippen molar-refractivity contribution in [1.82, 2.24) is 10.2 Å². The molecule has 7 heteroatoms. The van der Waals surface area contributed by atoms with Crippen molar-refractivity contribution in [3.63, 3.8) is 0 Å². The van der Waals surface area contributed by atoms with Gasteiger partial charge < -0.3 is 20.1 Å². The van der Waals surface area contributed by atoms with Gasteiger partial charge in [-0.25, -0.2) is 4.79 Å². The SMILES string of the molecule is O=C(NCC#CC(=O)N1CCC2(C(=O)O)CCCC12)OCC1c2ccccc2-c2ccccc21. The van der Waals surface area contributed by atoms with E-state index in [4.69, 9.17) is 4.74 Å². The Kier molecular flexibility index (Phi) is 5.74. The van der Waals surface area contributed by atoms with Crippen molar-refractivity contribution in [2.75, 3.05) is 19.7 Å². The van der Waals surface area contributed by atoms with Crippen LogP contribution in [-0.2, 0) is 14.3 Å². The molecule has 2 N–H and O–H groups in total. The number of ether oxygens (including phenoxy) is 1. The van der Waals surface area contributed by atoms with Crippen molar-refractivity contribution in [3.05, 3.63) is 59.7 Å². The highest BCUT2D eigenvalue weighted by Gasteiger charge is 2.56. The Morgan fingerprint density at radius 3 is 2.41 bits per heavy atom. The first-order valence-electron chi connectivity index (χ1n) is 11.6. The summed E-state index contributed by atoms with van der Waals surface area (Å²) in [5.41, 5.74) is 3.77. The number of likely N-dealkylation sites (tertiary alicyclic amines) is 1. The maximum atomic E-state index is 12.5. The molecule has 0 aromatic heterocycles. The third kappa shape index (κ3) is 3.69. The summed E-state index contributed by atoms with van der Waals surface area (Å²) in [5, 5.41) is 12.2. The molecule has 2 aliphatic carbocycles. The lowest BCUT2D eigenvalue weighted by atomic mass is 9.82. The predicted molar refractivity (Wildman–Crippen MR) is 125 cm³/mol. The number of amides is 2. The van der Waals surface area contributed by atoms with Crippen LogP contribution in [0.15, 0.2) is 48.5 Å². The lowest BCUT2D eigenvalue weighted by Gasteiger charge is -2.27. The smallest absolute Gasteiger partial charge is 0.407 e. The summed E-state index contributed by atoms with van der Waals surface area (Å²) >= 11 is 0. The van der Waals surface area contributed by atoms with Crippen LogP contribution in [0.25, 0.3) is 11.1 Å². The molecule has 0 radical (unpaired) electrons. The molecule has 0 spiro atoms. The molecule has 3 aliphatic rings. The lowest BCUT2D eigenvalue weighted by Crippen LogP contribution is -2.42. The second-order valence-corrected chi connectivity index (χ2v) is 9.10. The van der Waals surface area contributed by atoms with Crippen LogP contribution in [0.4, 0.5) is 4.79 Å². The first-order chi connectivity index (χ1) is 16.5. The molecule has 34 heavy (non-hydrogen) atoms. The van der Waals surface area contributed by atoms with Gasteiger partial charge in [0, 0.05) is 18.5 Å². The molecule has 2 amide bonds. The highest BCUT2D eigenvalue weighted by molar-refractivity contribution is 5.95. The van der Waals surface area contributed by atoms with Gasteiger partial charge in [-0.05, 0) is 47.4 Å². The van der Waals surface area contributed by atoms with Crippen LogP contribution in [0, 0.1) is 17.3 Å². The Morgan fingerprint density at radius 2 is 1.74 bits per heavy atom. The lowest BCUT2D eigenvalue weighted by molar-refractivity contribution is -0.149. The van der Waals surface area contributed by atoms with Crippen molar-refractivity contribution in [2.45, 2.75) is 37.6 Å². The molecule has 1 saturated heterocycles. The Balaban J connectivity index is 1.14. The number of nitrogens with zero attached hydrogens (tertiary/aromatic N) is 1. The minimum atomic E-state index is -0.824. The number of fused-ring (bicyclic) bond motifs is 4. The van der Waals surface area contributed by atoms with E-state index in [1.165, 1.54) is 0 Å². The first kappa shape index (κ1) is 22.0. The minimum absolute atomic E-state index is 0.0228. The second kappa shape index (κ2) is 8.86. The molecule has 7 nitrogen and oxygen atoms in total. The molecular formula is C27H26N2O5.